The molecule has 0 radical (unpaired) electrons. The Morgan fingerprint density at radius 2 is 1.67 bits per heavy atom. The summed E-state index contributed by atoms with van der Waals surface area (Å²) < 4.78 is 27.2. The van der Waals surface area contributed by atoms with Crippen molar-refractivity contribution in [1.29, 1.82) is 0 Å². The number of rotatable bonds is 6. The number of para-hydroxylation sites is 1. The molecule has 45 heavy (non-hydrogen) atoms. The molecule has 4 N–H and O–H groups in total. The number of nitrogens with one attached hydrogen (secondary N) is 1. The standard InChI is InChI=1S/C31H36N2O8.H2NO3/c1-37-24-11-16(12-25(38-2)29(24)39-3)30(35)41-23-13-17-15-33-10-9-19-18-7-5-6-8-21(18)32-27(19)22(33)14-20(17)26(28(23)34)31(36)40-4;2-1(3)4/h5-8,11-12,17,20,22-23,26,28,32,34H,9-10,13-15H2,1-4H3;(H2,2,3,4)/q;+1/t17-,20+,22-,23-,26+,28+;/m1./s1. The summed E-state index contributed by atoms with van der Waals surface area (Å²) in [5.41, 5.74) is 3.84. The normalized spacial score (nSPS) is 25.4. The molecule has 3 aliphatic rings. The highest BCUT2D eigenvalue weighted by Crippen LogP contribution is 2.50. The number of H-pyrrole nitrogens is 1. The summed E-state index contributed by atoms with van der Waals surface area (Å²) in [6.45, 7) is 1.65. The Kier molecular flexibility index (Phi) is 9.34. The van der Waals surface area contributed by atoms with Crippen molar-refractivity contribution in [3.8, 4) is 17.2 Å². The zero-order valence-corrected chi connectivity index (χ0v) is 25.5. The van der Waals surface area contributed by atoms with Crippen LogP contribution in [0, 0.1) is 22.7 Å². The zero-order chi connectivity index (χ0) is 32.4. The van der Waals surface area contributed by atoms with Crippen LogP contribution < -0.4 is 14.2 Å². The lowest BCUT2D eigenvalue weighted by Crippen LogP contribution is -2.58. The Morgan fingerprint density at radius 3 is 2.29 bits per heavy atom. The van der Waals surface area contributed by atoms with Gasteiger partial charge in [-0.15, -0.1) is 0 Å². The van der Waals surface area contributed by atoms with E-state index < -0.39 is 35.2 Å². The van der Waals surface area contributed by atoms with Crippen LogP contribution in [-0.2, 0) is 20.7 Å². The summed E-state index contributed by atoms with van der Waals surface area (Å²) in [5.74, 6) is -1.03. The number of carbonyl (C=O) groups is 2. The van der Waals surface area contributed by atoms with E-state index in [1.807, 2.05) is 6.07 Å². The van der Waals surface area contributed by atoms with Crippen molar-refractivity contribution in [3.63, 3.8) is 0 Å². The van der Waals surface area contributed by atoms with E-state index in [0.717, 1.165) is 25.0 Å². The summed E-state index contributed by atoms with van der Waals surface area (Å²) in [6.07, 6.45) is 0.00659. The molecule has 1 aromatic heterocycles. The number of ether oxygens (including phenoxy) is 5. The molecule has 6 atom stereocenters. The van der Waals surface area contributed by atoms with Crippen LogP contribution in [0.3, 0.4) is 0 Å². The molecule has 242 valence electrons. The highest BCUT2D eigenvalue weighted by atomic mass is 16.9. The number of aliphatic hydroxyl groups excluding tert-OH is 1. The topological polar surface area (TPSA) is 180 Å². The average Bonchev–Trinajstić information content (AvgIpc) is 3.42. The molecule has 0 spiro atoms. The minimum absolute atomic E-state index is 0.0439. The van der Waals surface area contributed by atoms with Gasteiger partial charge in [0, 0.05) is 29.7 Å². The number of hydrogen-bond donors (Lipinski definition) is 4. The molecule has 2 aliphatic heterocycles. The molecule has 6 rings (SSSR count). The van der Waals surface area contributed by atoms with Gasteiger partial charge in [-0.05, 0) is 54.9 Å². The third kappa shape index (κ3) is 6.07. The number of aliphatic hydroxyl groups is 1. The van der Waals surface area contributed by atoms with Gasteiger partial charge in [0.1, 0.15) is 17.1 Å². The first-order valence-corrected chi connectivity index (χ1v) is 14.6. The predicted molar refractivity (Wildman–Crippen MR) is 157 cm³/mol. The number of aromatic nitrogens is 1. The number of fused-ring (bicyclic) bond motifs is 6. The van der Waals surface area contributed by atoms with Gasteiger partial charge in [0.05, 0.1) is 46.0 Å². The molecule has 14 heteroatoms. The lowest BCUT2D eigenvalue weighted by molar-refractivity contribution is -0.969. The first-order chi connectivity index (χ1) is 21.6. The molecule has 3 aromatic rings. The predicted octanol–water partition coefficient (Wildman–Crippen LogP) is 3.05. The fourth-order valence-electron chi connectivity index (χ4n) is 7.32. The van der Waals surface area contributed by atoms with Gasteiger partial charge < -0.3 is 33.8 Å². The number of carbonyl (C=O) groups excluding carboxylic acids is 2. The van der Waals surface area contributed by atoms with Gasteiger partial charge in [-0.2, -0.15) is 0 Å². The monoisotopic (exact) mass is 628 g/mol. The van der Waals surface area contributed by atoms with Gasteiger partial charge in [-0.3, -0.25) is 9.69 Å². The third-order valence-corrected chi connectivity index (χ3v) is 9.22. The molecular weight excluding hydrogens is 590 g/mol. The van der Waals surface area contributed by atoms with Crippen molar-refractivity contribution < 1.29 is 53.9 Å². The lowest BCUT2D eigenvalue weighted by Gasteiger charge is -2.52. The van der Waals surface area contributed by atoms with Gasteiger partial charge >= 0.3 is 17.0 Å². The second-order valence-corrected chi connectivity index (χ2v) is 11.4. The molecule has 0 bridgehead atoms. The van der Waals surface area contributed by atoms with Crippen LogP contribution in [0.2, 0.25) is 0 Å². The van der Waals surface area contributed by atoms with E-state index in [2.05, 4.69) is 28.1 Å². The van der Waals surface area contributed by atoms with E-state index in [9.17, 15) is 14.7 Å². The largest absolute Gasteiger partial charge is 0.493 e. The van der Waals surface area contributed by atoms with Crippen LogP contribution in [0.4, 0.5) is 0 Å². The maximum absolute atomic E-state index is 13.3. The van der Waals surface area contributed by atoms with E-state index >= 15 is 0 Å². The van der Waals surface area contributed by atoms with Crippen molar-refractivity contribution in [1.82, 2.24) is 9.88 Å². The van der Waals surface area contributed by atoms with Crippen molar-refractivity contribution in [3.05, 3.63) is 58.1 Å². The number of aromatic amines is 1. The van der Waals surface area contributed by atoms with E-state index in [-0.39, 0.29) is 23.4 Å². The summed E-state index contributed by atoms with van der Waals surface area (Å²) >= 11 is 0. The lowest BCUT2D eigenvalue weighted by atomic mass is 9.64. The maximum atomic E-state index is 13.3. The highest BCUT2D eigenvalue weighted by molar-refractivity contribution is 5.91. The summed E-state index contributed by atoms with van der Waals surface area (Å²) in [7, 11) is 5.75. The minimum atomic E-state index is -1.25. The fourth-order valence-corrected chi connectivity index (χ4v) is 7.32. The Hall–Kier alpha value is -4.56. The van der Waals surface area contributed by atoms with E-state index in [0.29, 0.717) is 30.1 Å². The van der Waals surface area contributed by atoms with Gasteiger partial charge in [0.15, 0.2) is 11.5 Å². The summed E-state index contributed by atoms with van der Waals surface area (Å²) in [5, 5.41) is 25.3. The average molecular weight is 629 g/mol. The van der Waals surface area contributed by atoms with Crippen LogP contribution in [0.5, 0.6) is 17.2 Å². The number of methoxy groups -OCH3 is 4. The Labute approximate surface area is 258 Å². The minimum Gasteiger partial charge on any atom is -0.493 e. The summed E-state index contributed by atoms with van der Waals surface area (Å²) in [6, 6.07) is 11.5. The Morgan fingerprint density at radius 1 is 1.00 bits per heavy atom. The zero-order valence-electron chi connectivity index (χ0n) is 25.5. The molecule has 1 aliphatic carbocycles. The molecular formula is C31H38N3O11+. The van der Waals surface area contributed by atoms with Crippen LogP contribution in [-0.4, -0.2) is 96.2 Å². The van der Waals surface area contributed by atoms with E-state index in [1.54, 1.807) is 0 Å². The Balaban J connectivity index is 0.000000945. The second-order valence-electron chi connectivity index (χ2n) is 11.4. The van der Waals surface area contributed by atoms with Crippen LogP contribution in [0.1, 0.15) is 40.5 Å². The van der Waals surface area contributed by atoms with Gasteiger partial charge in [-0.25, -0.2) is 15.2 Å². The molecule has 2 aromatic carbocycles. The van der Waals surface area contributed by atoms with Crippen LogP contribution in [0.15, 0.2) is 36.4 Å². The smallest absolute Gasteiger partial charge is 0.472 e. The number of nitrogens with zero attached hydrogens (tertiary/aromatic N) is 2. The second kappa shape index (κ2) is 13.2. The van der Waals surface area contributed by atoms with Gasteiger partial charge in [-0.1, -0.05) is 18.2 Å². The molecule has 2 fully saturated rings. The van der Waals surface area contributed by atoms with Gasteiger partial charge in [0.25, 0.3) is 0 Å². The van der Waals surface area contributed by atoms with Crippen molar-refractivity contribution in [2.75, 3.05) is 41.5 Å². The number of hydrogen-bond acceptors (Lipinski definition) is 10. The van der Waals surface area contributed by atoms with E-state index in [4.69, 9.17) is 39.0 Å². The SMILES string of the molecule is COC(=O)[C@@H]1[C@@H](O)[C@H](OC(=O)c2cc(OC)c(OC)c(OC)c2)C[C@@H]2CN3CCc4c([nH]c5ccccc45)[C@H]3C[C@@H]21.O=[N+](O)O. The van der Waals surface area contributed by atoms with E-state index in [1.165, 1.54) is 57.2 Å². The molecule has 3 heterocycles. The van der Waals surface area contributed by atoms with Crippen molar-refractivity contribution in [2.24, 2.45) is 17.8 Å². The van der Waals surface area contributed by atoms with Crippen molar-refractivity contribution in [2.45, 2.75) is 37.5 Å². The Bertz CT molecular complexity index is 1540. The quantitative estimate of drug-likeness (QED) is 0.232. The molecule has 0 unspecified atom stereocenters. The fraction of sp³-hybridized carbons (Fsp3) is 0.484. The molecule has 1 saturated heterocycles. The summed E-state index contributed by atoms with van der Waals surface area (Å²) in [4.78, 5) is 41.0. The number of esters is 2. The van der Waals surface area contributed by atoms with Crippen LogP contribution in [0.25, 0.3) is 10.9 Å². The van der Waals surface area contributed by atoms with Crippen molar-refractivity contribution >= 4 is 22.8 Å². The maximum Gasteiger partial charge on any atom is 0.472 e. The first kappa shape index (κ1) is 31.9. The molecule has 0 amide bonds. The third-order valence-electron chi connectivity index (χ3n) is 9.22. The van der Waals surface area contributed by atoms with Crippen LogP contribution >= 0.6 is 0 Å². The van der Waals surface area contributed by atoms with Gasteiger partial charge in [0.2, 0.25) is 5.75 Å². The molecule has 1 saturated carbocycles. The number of benzene rings is 2. The first-order valence-electron chi connectivity index (χ1n) is 14.6. The highest BCUT2D eigenvalue weighted by Gasteiger charge is 2.53. The molecule has 14 nitrogen and oxygen atoms in total. The number of piperidine rings is 1.